The molecule has 5 nitrogen and oxygen atoms in total. The molecule has 2 aromatic rings. The van der Waals surface area contributed by atoms with Gasteiger partial charge in [-0.2, -0.15) is 0 Å². The number of hydrogen-bond donors (Lipinski definition) is 1. The maximum absolute atomic E-state index is 12.7. The summed E-state index contributed by atoms with van der Waals surface area (Å²) in [5.41, 5.74) is 2.10. The highest BCUT2D eigenvalue weighted by Gasteiger charge is 2.31. The quantitative estimate of drug-likeness (QED) is 0.689. The lowest BCUT2D eigenvalue weighted by Gasteiger charge is -2.31. The van der Waals surface area contributed by atoms with Gasteiger partial charge in [0.25, 0.3) is 0 Å². The molecule has 1 aliphatic rings. The van der Waals surface area contributed by atoms with Crippen LogP contribution in [0.1, 0.15) is 30.4 Å². The van der Waals surface area contributed by atoms with E-state index in [2.05, 4.69) is 5.32 Å². The number of piperidine rings is 1. The highest BCUT2D eigenvalue weighted by atomic mass is 35.5. The normalized spacial score (nSPS) is 17.8. The van der Waals surface area contributed by atoms with Crippen LogP contribution in [0.5, 0.6) is 0 Å². The van der Waals surface area contributed by atoms with E-state index in [0.717, 1.165) is 17.5 Å². The first-order valence-electron chi connectivity index (χ1n) is 9.98. The third-order valence-corrected chi connectivity index (χ3v) is 7.41. The molecule has 7 heteroatoms. The molecule has 0 spiro atoms. The van der Waals surface area contributed by atoms with E-state index in [1.807, 2.05) is 42.5 Å². The van der Waals surface area contributed by atoms with Gasteiger partial charge in [-0.15, -0.1) is 0 Å². The molecule has 3 rings (SSSR count). The molecule has 156 valence electrons. The smallest absolute Gasteiger partial charge is 0.224 e. The van der Waals surface area contributed by atoms with Crippen molar-refractivity contribution in [3.8, 4) is 0 Å². The molecule has 1 heterocycles. The first kappa shape index (κ1) is 21.8. The molecule has 0 aliphatic carbocycles. The second-order valence-corrected chi connectivity index (χ2v) is 9.97. The number of rotatable bonds is 8. The monoisotopic (exact) mass is 434 g/mol. The van der Waals surface area contributed by atoms with Crippen LogP contribution in [0.4, 0.5) is 0 Å². The van der Waals surface area contributed by atoms with E-state index in [-0.39, 0.29) is 24.1 Å². The Hall–Kier alpha value is -1.89. The van der Waals surface area contributed by atoms with Crippen molar-refractivity contribution in [3.63, 3.8) is 0 Å². The molecule has 1 fully saturated rings. The minimum Gasteiger partial charge on any atom is -0.352 e. The van der Waals surface area contributed by atoms with Gasteiger partial charge in [-0.25, -0.2) is 12.7 Å². The molecule has 1 unspecified atom stereocenters. The molecule has 1 aliphatic heterocycles. The average molecular weight is 435 g/mol. The highest BCUT2D eigenvalue weighted by Crippen LogP contribution is 2.21. The number of halogens is 1. The van der Waals surface area contributed by atoms with Gasteiger partial charge in [0.2, 0.25) is 15.9 Å². The predicted octanol–water partition coefficient (Wildman–Crippen LogP) is 3.63. The molecule has 0 saturated carbocycles. The molecule has 1 amide bonds. The van der Waals surface area contributed by atoms with Crippen molar-refractivity contribution in [2.24, 2.45) is 5.92 Å². The summed E-state index contributed by atoms with van der Waals surface area (Å²) in [5.74, 6) is -0.287. The molecule has 0 radical (unpaired) electrons. The summed E-state index contributed by atoms with van der Waals surface area (Å²) < 4.78 is 27.0. The third-order valence-electron chi connectivity index (χ3n) is 5.24. The van der Waals surface area contributed by atoms with E-state index < -0.39 is 10.0 Å². The number of nitrogens with zero attached hydrogens (tertiary/aromatic N) is 1. The Balaban J connectivity index is 1.49. The van der Waals surface area contributed by atoms with Crippen molar-refractivity contribution in [1.29, 1.82) is 0 Å². The maximum atomic E-state index is 12.7. The molecule has 0 aromatic heterocycles. The van der Waals surface area contributed by atoms with Crippen LogP contribution >= 0.6 is 11.6 Å². The van der Waals surface area contributed by atoms with Crippen molar-refractivity contribution in [2.45, 2.75) is 32.2 Å². The lowest BCUT2D eigenvalue weighted by Crippen LogP contribution is -2.46. The number of aryl methyl sites for hydroxylation is 1. The Labute approximate surface area is 178 Å². The first-order valence-corrected chi connectivity index (χ1v) is 12.0. The van der Waals surface area contributed by atoms with Crippen LogP contribution < -0.4 is 5.32 Å². The molecular formula is C22H27ClN2O3S. The number of benzene rings is 2. The number of amides is 1. The predicted molar refractivity (Wildman–Crippen MR) is 116 cm³/mol. The lowest BCUT2D eigenvalue weighted by molar-refractivity contribution is -0.126. The zero-order valence-electron chi connectivity index (χ0n) is 16.4. The highest BCUT2D eigenvalue weighted by molar-refractivity contribution is 7.89. The topological polar surface area (TPSA) is 66.5 Å². The van der Waals surface area contributed by atoms with E-state index in [1.165, 1.54) is 4.31 Å². The second-order valence-electron chi connectivity index (χ2n) is 7.45. The van der Waals surface area contributed by atoms with Gasteiger partial charge in [0.15, 0.2) is 0 Å². The van der Waals surface area contributed by atoms with E-state index in [1.54, 1.807) is 12.1 Å². The molecule has 0 bridgehead atoms. The van der Waals surface area contributed by atoms with Crippen LogP contribution in [0, 0.1) is 5.92 Å². The summed E-state index contributed by atoms with van der Waals surface area (Å²) in [5, 5.41) is 3.57. The van der Waals surface area contributed by atoms with Crippen LogP contribution in [0.25, 0.3) is 0 Å². The number of hydrogen-bond acceptors (Lipinski definition) is 3. The second kappa shape index (κ2) is 10.2. The van der Waals surface area contributed by atoms with Gasteiger partial charge in [-0.05, 0) is 48.9 Å². The summed E-state index contributed by atoms with van der Waals surface area (Å²) in [6.07, 6.45) is 2.73. The van der Waals surface area contributed by atoms with Crippen LogP contribution in [-0.4, -0.2) is 37.5 Å². The Kier molecular flexibility index (Phi) is 7.70. The lowest BCUT2D eigenvalue weighted by atomic mass is 9.99. The Bertz CT molecular complexity index is 901. The minimum atomic E-state index is -3.35. The molecule has 2 aromatic carbocycles. The number of sulfonamides is 1. The zero-order chi connectivity index (χ0) is 20.7. The van der Waals surface area contributed by atoms with E-state index in [9.17, 15) is 13.2 Å². The number of carbonyl (C=O) groups is 1. The van der Waals surface area contributed by atoms with E-state index in [0.29, 0.717) is 37.4 Å². The zero-order valence-corrected chi connectivity index (χ0v) is 18.0. The van der Waals surface area contributed by atoms with E-state index in [4.69, 9.17) is 11.6 Å². The number of carbonyl (C=O) groups excluding carboxylic acids is 1. The maximum Gasteiger partial charge on any atom is 0.224 e. The van der Waals surface area contributed by atoms with E-state index >= 15 is 0 Å². The fourth-order valence-corrected chi connectivity index (χ4v) is 5.28. The van der Waals surface area contributed by atoms with Crippen LogP contribution in [0.2, 0.25) is 5.02 Å². The number of nitrogens with one attached hydrogen (secondary N) is 1. The van der Waals surface area contributed by atoms with Gasteiger partial charge in [-0.3, -0.25) is 4.79 Å². The van der Waals surface area contributed by atoms with Gasteiger partial charge in [-0.1, -0.05) is 54.1 Å². The van der Waals surface area contributed by atoms with Crippen LogP contribution in [0.3, 0.4) is 0 Å². The third kappa shape index (κ3) is 6.56. The molecular weight excluding hydrogens is 408 g/mol. The van der Waals surface area contributed by atoms with Gasteiger partial charge >= 0.3 is 0 Å². The molecule has 1 atom stereocenters. The van der Waals surface area contributed by atoms with Crippen molar-refractivity contribution >= 4 is 27.5 Å². The molecule has 29 heavy (non-hydrogen) atoms. The van der Waals surface area contributed by atoms with Crippen LogP contribution in [0.15, 0.2) is 54.6 Å². The summed E-state index contributed by atoms with van der Waals surface area (Å²) in [6, 6.07) is 17.2. The van der Waals surface area contributed by atoms with Crippen molar-refractivity contribution in [3.05, 3.63) is 70.7 Å². The Morgan fingerprint density at radius 3 is 2.52 bits per heavy atom. The fourth-order valence-electron chi connectivity index (χ4n) is 3.58. The van der Waals surface area contributed by atoms with Crippen LogP contribution in [-0.2, 0) is 27.8 Å². The standard InChI is InChI=1S/C22H27ClN2O3S/c23-21-12-10-19(11-13-21)16-24-22(26)20-9-4-14-25(17-20)29(27,28)15-5-8-18-6-2-1-3-7-18/h1-3,6-7,10-13,20H,4-5,8-9,14-17H2,(H,24,26). The van der Waals surface area contributed by atoms with Gasteiger partial charge in [0.1, 0.15) is 0 Å². The average Bonchev–Trinajstić information content (AvgIpc) is 2.74. The Morgan fingerprint density at radius 1 is 1.07 bits per heavy atom. The largest absolute Gasteiger partial charge is 0.352 e. The van der Waals surface area contributed by atoms with Gasteiger partial charge in [0, 0.05) is 24.7 Å². The van der Waals surface area contributed by atoms with Gasteiger partial charge in [0.05, 0.1) is 11.7 Å². The summed E-state index contributed by atoms with van der Waals surface area (Å²) in [6.45, 7) is 1.17. The van der Waals surface area contributed by atoms with Crippen molar-refractivity contribution in [1.82, 2.24) is 9.62 Å². The SMILES string of the molecule is O=C(NCc1ccc(Cl)cc1)C1CCCN(S(=O)(=O)CCCc2ccccc2)C1. The Morgan fingerprint density at radius 2 is 1.79 bits per heavy atom. The van der Waals surface area contributed by atoms with Crippen molar-refractivity contribution < 1.29 is 13.2 Å². The van der Waals surface area contributed by atoms with Gasteiger partial charge < -0.3 is 5.32 Å². The minimum absolute atomic E-state index is 0.0934. The summed E-state index contributed by atoms with van der Waals surface area (Å²) in [4.78, 5) is 12.6. The summed E-state index contributed by atoms with van der Waals surface area (Å²) >= 11 is 5.88. The van der Waals surface area contributed by atoms with Crippen molar-refractivity contribution in [2.75, 3.05) is 18.8 Å². The molecule has 1 N–H and O–H groups in total. The summed E-state index contributed by atoms with van der Waals surface area (Å²) in [7, 11) is -3.35. The fraction of sp³-hybridized carbons (Fsp3) is 0.409. The first-order chi connectivity index (χ1) is 13.9. The molecule has 1 saturated heterocycles.